The third kappa shape index (κ3) is 3.62. The van der Waals surface area contributed by atoms with Crippen LogP contribution in [-0.4, -0.2) is 48.0 Å². The van der Waals surface area contributed by atoms with Crippen LogP contribution in [0.25, 0.3) is 22.4 Å². The lowest BCUT2D eigenvalue weighted by molar-refractivity contribution is -0.130. The molecule has 32 heavy (non-hydrogen) atoms. The molecule has 164 valence electrons. The molecule has 4 aromatic rings. The van der Waals surface area contributed by atoms with Crippen molar-refractivity contribution in [3.8, 4) is 11.5 Å². The zero-order valence-electron chi connectivity index (χ0n) is 18.1. The minimum Gasteiger partial charge on any atom is -0.343 e. The highest BCUT2D eigenvalue weighted by molar-refractivity contribution is 5.87. The van der Waals surface area contributed by atoms with Crippen LogP contribution < -0.4 is 5.56 Å². The fraction of sp³-hybridized carbons (Fsp3) is 0.333. The van der Waals surface area contributed by atoms with Crippen LogP contribution in [0, 0.1) is 6.92 Å². The molecule has 3 aromatic heterocycles. The second kappa shape index (κ2) is 8.45. The van der Waals surface area contributed by atoms with Crippen molar-refractivity contribution < 1.29 is 4.79 Å². The Labute approximate surface area is 185 Å². The predicted molar refractivity (Wildman–Crippen MR) is 122 cm³/mol. The molecule has 8 nitrogen and oxygen atoms in total. The number of hydrogen-bond donors (Lipinski definition) is 0. The summed E-state index contributed by atoms with van der Waals surface area (Å²) in [6.45, 7) is 3.97. The van der Waals surface area contributed by atoms with E-state index < -0.39 is 0 Å². The van der Waals surface area contributed by atoms with E-state index in [0.29, 0.717) is 41.8 Å². The second-order valence-corrected chi connectivity index (χ2v) is 8.19. The fourth-order valence-corrected chi connectivity index (χ4v) is 4.38. The molecule has 0 atom stereocenters. The van der Waals surface area contributed by atoms with E-state index in [2.05, 4.69) is 5.10 Å². The van der Waals surface area contributed by atoms with Gasteiger partial charge in [0.1, 0.15) is 10.9 Å². The molecular formula is C24H26N6O2. The smallest absolute Gasteiger partial charge is 0.280 e. The van der Waals surface area contributed by atoms with Crippen molar-refractivity contribution in [2.45, 2.75) is 39.2 Å². The number of aromatic nitrogens is 5. The number of likely N-dealkylation sites (tertiary alicyclic amines) is 1. The number of nitrogens with zero attached hydrogens (tertiary/aromatic N) is 6. The van der Waals surface area contributed by atoms with Crippen LogP contribution in [0.15, 0.2) is 59.7 Å². The summed E-state index contributed by atoms with van der Waals surface area (Å²) in [4.78, 5) is 27.8. The molecule has 1 aliphatic rings. The molecule has 1 saturated heterocycles. The third-order valence-electron chi connectivity index (χ3n) is 5.99. The standard InChI is InChI=1S/C24H26N6O2/c1-18-22-21(24(32)29(25-18)17-9-12-20(31)27-13-5-6-14-27)23(28-15-7-8-16-28)30(26-22)19-10-3-2-4-11-19/h2-4,7-8,10-11,15-16H,5-6,9,12-14,17H2,1H3. The molecule has 4 heterocycles. The maximum absolute atomic E-state index is 13.5. The van der Waals surface area contributed by atoms with Crippen LogP contribution in [-0.2, 0) is 11.3 Å². The van der Waals surface area contributed by atoms with Crippen LogP contribution in [0.4, 0.5) is 0 Å². The molecule has 0 unspecified atom stereocenters. The first-order valence-corrected chi connectivity index (χ1v) is 11.1. The van der Waals surface area contributed by atoms with Gasteiger partial charge in [-0.1, -0.05) is 18.2 Å². The zero-order chi connectivity index (χ0) is 22.1. The van der Waals surface area contributed by atoms with Crippen LogP contribution in [0.3, 0.4) is 0 Å². The van der Waals surface area contributed by atoms with Gasteiger partial charge in [-0.15, -0.1) is 0 Å². The van der Waals surface area contributed by atoms with E-state index in [1.54, 1.807) is 4.68 Å². The lowest BCUT2D eigenvalue weighted by Gasteiger charge is -2.15. The lowest BCUT2D eigenvalue weighted by atomic mass is 10.2. The molecule has 0 saturated carbocycles. The van der Waals surface area contributed by atoms with Crippen molar-refractivity contribution in [3.05, 3.63) is 70.9 Å². The van der Waals surface area contributed by atoms with Crippen molar-refractivity contribution in [1.82, 2.24) is 29.0 Å². The molecule has 0 aliphatic carbocycles. The topological polar surface area (TPSA) is 78.0 Å². The SMILES string of the molecule is Cc1nn(CCCC(=O)N2CCCC2)c(=O)c2c(-n3cccc3)n(-c3ccccc3)nc12. The van der Waals surface area contributed by atoms with Gasteiger partial charge in [-0.3, -0.25) is 9.59 Å². The molecule has 1 amide bonds. The first-order chi connectivity index (χ1) is 15.6. The first-order valence-electron chi connectivity index (χ1n) is 11.1. The van der Waals surface area contributed by atoms with Gasteiger partial charge < -0.3 is 9.47 Å². The van der Waals surface area contributed by atoms with E-state index >= 15 is 0 Å². The number of aryl methyl sites for hydroxylation is 2. The van der Waals surface area contributed by atoms with Gasteiger partial charge in [-0.25, -0.2) is 9.36 Å². The number of amides is 1. The molecule has 0 spiro atoms. The Morgan fingerprint density at radius 1 is 1.00 bits per heavy atom. The third-order valence-corrected chi connectivity index (χ3v) is 5.99. The molecule has 8 heteroatoms. The van der Waals surface area contributed by atoms with Crippen molar-refractivity contribution in [2.24, 2.45) is 0 Å². The van der Waals surface area contributed by atoms with Gasteiger partial charge in [-0.2, -0.15) is 10.2 Å². The second-order valence-electron chi connectivity index (χ2n) is 8.19. The largest absolute Gasteiger partial charge is 0.343 e. The van der Waals surface area contributed by atoms with E-state index in [1.165, 1.54) is 4.68 Å². The molecule has 1 fully saturated rings. The number of hydrogen-bond acceptors (Lipinski definition) is 4. The number of para-hydroxylation sites is 1. The van der Waals surface area contributed by atoms with Gasteiger partial charge in [0.2, 0.25) is 5.91 Å². The summed E-state index contributed by atoms with van der Waals surface area (Å²) in [6.07, 6.45) is 6.98. The number of fused-ring (bicyclic) bond motifs is 1. The highest BCUT2D eigenvalue weighted by Crippen LogP contribution is 2.24. The van der Waals surface area contributed by atoms with E-state index in [1.807, 2.05) is 71.2 Å². The van der Waals surface area contributed by atoms with Crippen molar-refractivity contribution >= 4 is 16.8 Å². The maximum Gasteiger partial charge on any atom is 0.280 e. The van der Waals surface area contributed by atoms with Crippen LogP contribution in [0.5, 0.6) is 0 Å². The Balaban J connectivity index is 1.54. The fourth-order valence-electron chi connectivity index (χ4n) is 4.38. The van der Waals surface area contributed by atoms with E-state index in [-0.39, 0.29) is 11.5 Å². The Morgan fingerprint density at radius 3 is 2.44 bits per heavy atom. The van der Waals surface area contributed by atoms with Crippen LogP contribution in [0.1, 0.15) is 31.4 Å². The minimum atomic E-state index is -0.190. The van der Waals surface area contributed by atoms with E-state index in [0.717, 1.165) is 31.6 Å². The summed E-state index contributed by atoms with van der Waals surface area (Å²) >= 11 is 0. The number of carbonyl (C=O) groups is 1. The normalized spacial score (nSPS) is 13.8. The van der Waals surface area contributed by atoms with Gasteiger partial charge in [0.05, 0.1) is 11.4 Å². The van der Waals surface area contributed by atoms with E-state index in [9.17, 15) is 9.59 Å². The van der Waals surface area contributed by atoms with Crippen molar-refractivity contribution in [3.63, 3.8) is 0 Å². The van der Waals surface area contributed by atoms with Crippen LogP contribution in [0.2, 0.25) is 0 Å². The Morgan fingerprint density at radius 2 is 1.72 bits per heavy atom. The summed E-state index contributed by atoms with van der Waals surface area (Å²) in [5.41, 5.74) is 1.96. The Kier molecular flexibility index (Phi) is 5.34. The van der Waals surface area contributed by atoms with Crippen molar-refractivity contribution in [1.29, 1.82) is 0 Å². The Bertz CT molecular complexity index is 1300. The number of carbonyl (C=O) groups excluding carboxylic acids is 1. The summed E-state index contributed by atoms with van der Waals surface area (Å²) in [7, 11) is 0. The van der Waals surface area contributed by atoms with Gasteiger partial charge in [0, 0.05) is 38.4 Å². The van der Waals surface area contributed by atoms with Crippen molar-refractivity contribution in [2.75, 3.05) is 13.1 Å². The summed E-state index contributed by atoms with van der Waals surface area (Å²) in [5, 5.41) is 9.81. The molecule has 0 bridgehead atoms. The number of rotatable bonds is 6. The molecule has 0 N–H and O–H groups in total. The Hall–Kier alpha value is -3.68. The average molecular weight is 431 g/mol. The quantitative estimate of drug-likeness (QED) is 0.471. The van der Waals surface area contributed by atoms with Gasteiger partial charge in [0.15, 0.2) is 5.82 Å². The highest BCUT2D eigenvalue weighted by Gasteiger charge is 2.22. The highest BCUT2D eigenvalue weighted by atomic mass is 16.2. The first kappa shape index (κ1) is 20.2. The number of benzene rings is 1. The monoisotopic (exact) mass is 430 g/mol. The zero-order valence-corrected chi connectivity index (χ0v) is 18.1. The van der Waals surface area contributed by atoms with E-state index in [4.69, 9.17) is 5.10 Å². The van der Waals surface area contributed by atoms with Crippen LogP contribution >= 0.6 is 0 Å². The van der Waals surface area contributed by atoms with Gasteiger partial charge in [0.25, 0.3) is 5.56 Å². The van der Waals surface area contributed by atoms with Gasteiger partial charge >= 0.3 is 0 Å². The lowest BCUT2D eigenvalue weighted by Crippen LogP contribution is -2.29. The van der Waals surface area contributed by atoms with Gasteiger partial charge in [-0.05, 0) is 50.5 Å². The summed E-state index contributed by atoms with van der Waals surface area (Å²) < 4.78 is 5.19. The molecule has 1 aromatic carbocycles. The average Bonchev–Trinajstić information content (AvgIpc) is 3.57. The predicted octanol–water partition coefficient (Wildman–Crippen LogP) is 3.08. The molecule has 5 rings (SSSR count). The molecular weight excluding hydrogens is 404 g/mol. The summed E-state index contributed by atoms with van der Waals surface area (Å²) in [5.74, 6) is 0.854. The summed E-state index contributed by atoms with van der Waals surface area (Å²) in [6, 6.07) is 13.6. The maximum atomic E-state index is 13.5. The minimum absolute atomic E-state index is 0.165. The molecule has 0 radical (unpaired) electrons. The molecule has 1 aliphatic heterocycles.